The van der Waals surface area contributed by atoms with Crippen LogP contribution < -0.4 is 11.5 Å². The zero-order chi connectivity index (χ0) is 13.4. The Morgan fingerprint density at radius 1 is 1.05 bits per heavy atom. The summed E-state index contributed by atoms with van der Waals surface area (Å²) in [5, 5.41) is 8.61. The fourth-order valence-corrected chi connectivity index (χ4v) is 1.10. The number of rotatable bonds is 2. The van der Waals surface area contributed by atoms with Crippen molar-refractivity contribution in [3.63, 3.8) is 0 Å². The third-order valence-corrected chi connectivity index (χ3v) is 2.13. The standard InChI is InChI=1S/C6H8N2O.C6H6N2O.2CH4/c2*7-6-3-8-2-1-5(6)4-9;;/h1-3,9H,4,7H2;1-4H,7H2;2*1H4. The number of hydrogen-bond donors (Lipinski definition) is 3. The van der Waals surface area contributed by atoms with Crippen molar-refractivity contribution in [2.24, 2.45) is 0 Å². The first-order chi connectivity index (χ1) is 8.69. The van der Waals surface area contributed by atoms with E-state index in [9.17, 15) is 4.79 Å². The van der Waals surface area contributed by atoms with E-state index in [4.69, 9.17) is 16.6 Å². The van der Waals surface area contributed by atoms with Crippen LogP contribution in [-0.4, -0.2) is 21.4 Å². The predicted octanol–water partition coefficient (Wildman–Crippen LogP) is 1.90. The maximum absolute atomic E-state index is 10.1. The summed E-state index contributed by atoms with van der Waals surface area (Å²) in [6, 6.07) is 3.26. The SMILES string of the molecule is C.C.Nc1cnccc1C=O.Nc1cnccc1CO. The summed E-state index contributed by atoms with van der Waals surface area (Å²) in [6.45, 7) is -0.0195. The molecular weight excluding hydrogens is 256 g/mol. The molecule has 2 rings (SSSR count). The topological polar surface area (TPSA) is 115 Å². The lowest BCUT2D eigenvalue weighted by molar-refractivity contribution is 0.112. The molecule has 0 saturated carbocycles. The van der Waals surface area contributed by atoms with Gasteiger partial charge in [-0.25, -0.2) is 0 Å². The van der Waals surface area contributed by atoms with Gasteiger partial charge in [0.1, 0.15) is 0 Å². The van der Waals surface area contributed by atoms with E-state index >= 15 is 0 Å². The van der Waals surface area contributed by atoms with Gasteiger partial charge in [-0.05, 0) is 12.1 Å². The Balaban J connectivity index is 0. The van der Waals surface area contributed by atoms with E-state index in [-0.39, 0.29) is 21.5 Å². The number of nitrogens with two attached hydrogens (primary N) is 2. The minimum absolute atomic E-state index is 0. The van der Waals surface area contributed by atoms with Crippen LogP contribution in [0.25, 0.3) is 0 Å². The van der Waals surface area contributed by atoms with Crippen molar-refractivity contribution in [1.29, 1.82) is 0 Å². The maximum atomic E-state index is 10.1. The first-order valence-corrected chi connectivity index (χ1v) is 5.13. The number of aliphatic hydroxyl groups is 1. The second-order valence-electron chi connectivity index (χ2n) is 3.36. The molecule has 0 fully saturated rings. The summed E-state index contributed by atoms with van der Waals surface area (Å²) >= 11 is 0. The van der Waals surface area contributed by atoms with E-state index in [1.807, 2.05) is 0 Å². The van der Waals surface area contributed by atoms with Crippen molar-refractivity contribution in [3.8, 4) is 0 Å². The van der Waals surface area contributed by atoms with Gasteiger partial charge in [0.15, 0.2) is 6.29 Å². The van der Waals surface area contributed by atoms with Gasteiger partial charge < -0.3 is 16.6 Å². The van der Waals surface area contributed by atoms with Crippen LogP contribution >= 0.6 is 0 Å². The predicted molar refractivity (Wildman–Crippen MR) is 82.1 cm³/mol. The molecule has 2 aromatic heterocycles. The average molecular weight is 278 g/mol. The summed E-state index contributed by atoms with van der Waals surface area (Å²) in [5.41, 5.74) is 12.9. The third kappa shape index (κ3) is 5.92. The van der Waals surface area contributed by atoms with Gasteiger partial charge in [0.2, 0.25) is 0 Å². The Hall–Kier alpha value is -2.47. The lowest BCUT2D eigenvalue weighted by atomic mass is 10.2. The van der Waals surface area contributed by atoms with E-state index in [0.29, 0.717) is 23.2 Å². The number of aliphatic hydroxyl groups excluding tert-OH is 1. The molecular formula is C14H22N4O2. The van der Waals surface area contributed by atoms with Crippen molar-refractivity contribution in [3.05, 3.63) is 48.0 Å². The Kier molecular flexibility index (Phi) is 10.4. The number of hydrogen-bond acceptors (Lipinski definition) is 6. The largest absolute Gasteiger partial charge is 0.397 e. The molecule has 110 valence electrons. The molecule has 0 bridgehead atoms. The van der Waals surface area contributed by atoms with Gasteiger partial charge in [-0.15, -0.1) is 0 Å². The molecule has 2 aromatic rings. The van der Waals surface area contributed by atoms with Crippen molar-refractivity contribution in [1.82, 2.24) is 9.97 Å². The third-order valence-electron chi connectivity index (χ3n) is 2.13. The Labute approximate surface area is 119 Å². The van der Waals surface area contributed by atoms with Crippen LogP contribution in [0, 0.1) is 0 Å². The number of carbonyl (C=O) groups is 1. The second kappa shape index (κ2) is 10.5. The fraction of sp³-hybridized carbons (Fsp3) is 0.214. The monoisotopic (exact) mass is 278 g/mol. The van der Waals surface area contributed by atoms with Gasteiger partial charge in [-0.1, -0.05) is 14.9 Å². The Morgan fingerprint density at radius 3 is 1.95 bits per heavy atom. The van der Waals surface area contributed by atoms with Crippen LogP contribution in [-0.2, 0) is 6.61 Å². The zero-order valence-electron chi connectivity index (χ0n) is 9.65. The summed E-state index contributed by atoms with van der Waals surface area (Å²) in [5.74, 6) is 0. The van der Waals surface area contributed by atoms with Gasteiger partial charge in [0, 0.05) is 23.5 Å². The summed E-state index contributed by atoms with van der Waals surface area (Å²) in [4.78, 5) is 17.6. The van der Waals surface area contributed by atoms with Crippen LogP contribution in [0.15, 0.2) is 36.9 Å². The molecule has 20 heavy (non-hydrogen) atoms. The molecule has 6 heteroatoms. The number of anilines is 2. The number of aromatic nitrogens is 2. The molecule has 0 unspecified atom stereocenters. The molecule has 5 N–H and O–H groups in total. The Bertz CT molecular complexity index is 518. The molecule has 2 heterocycles. The molecule has 0 aromatic carbocycles. The van der Waals surface area contributed by atoms with Crippen molar-refractivity contribution in [2.75, 3.05) is 11.5 Å². The molecule has 0 aliphatic rings. The fourth-order valence-electron chi connectivity index (χ4n) is 1.10. The van der Waals surface area contributed by atoms with Crippen molar-refractivity contribution in [2.45, 2.75) is 21.5 Å². The molecule has 0 saturated heterocycles. The number of carbonyl (C=O) groups excluding carboxylic acids is 1. The second-order valence-corrected chi connectivity index (χ2v) is 3.36. The number of pyridine rings is 2. The molecule has 0 spiro atoms. The normalized spacial score (nSPS) is 8.25. The summed E-state index contributed by atoms with van der Waals surface area (Å²) in [6.07, 6.45) is 6.80. The smallest absolute Gasteiger partial charge is 0.152 e. The molecule has 0 aliphatic heterocycles. The quantitative estimate of drug-likeness (QED) is 0.723. The van der Waals surface area contributed by atoms with E-state index in [2.05, 4.69) is 9.97 Å². The highest BCUT2D eigenvalue weighted by Crippen LogP contribution is 2.06. The maximum Gasteiger partial charge on any atom is 0.152 e. The molecule has 0 amide bonds. The molecule has 0 radical (unpaired) electrons. The highest BCUT2D eigenvalue weighted by atomic mass is 16.3. The first-order valence-electron chi connectivity index (χ1n) is 5.13. The first kappa shape index (κ1) is 19.9. The molecule has 0 aliphatic carbocycles. The van der Waals surface area contributed by atoms with Crippen LogP contribution in [0.5, 0.6) is 0 Å². The lowest BCUT2D eigenvalue weighted by Gasteiger charge is -1.97. The number of nitrogen functional groups attached to an aromatic ring is 2. The van der Waals surface area contributed by atoms with E-state index < -0.39 is 0 Å². The highest BCUT2D eigenvalue weighted by Gasteiger charge is 1.93. The van der Waals surface area contributed by atoms with E-state index in [0.717, 1.165) is 5.56 Å². The van der Waals surface area contributed by atoms with Gasteiger partial charge >= 0.3 is 0 Å². The van der Waals surface area contributed by atoms with Crippen LogP contribution in [0.2, 0.25) is 0 Å². The number of nitrogens with zero attached hydrogens (tertiary/aromatic N) is 2. The highest BCUT2D eigenvalue weighted by molar-refractivity contribution is 5.82. The average Bonchev–Trinajstić information content (AvgIpc) is 2.41. The summed E-state index contributed by atoms with van der Waals surface area (Å²) < 4.78 is 0. The minimum atomic E-state index is -0.0195. The minimum Gasteiger partial charge on any atom is -0.397 e. The molecule has 6 nitrogen and oxygen atoms in total. The molecule has 0 atom stereocenters. The van der Waals surface area contributed by atoms with E-state index in [1.54, 1.807) is 18.3 Å². The summed E-state index contributed by atoms with van der Waals surface area (Å²) in [7, 11) is 0. The number of aldehydes is 1. The van der Waals surface area contributed by atoms with Crippen LogP contribution in [0.3, 0.4) is 0 Å². The van der Waals surface area contributed by atoms with Crippen molar-refractivity contribution >= 4 is 17.7 Å². The Morgan fingerprint density at radius 2 is 1.60 bits per heavy atom. The van der Waals surface area contributed by atoms with E-state index in [1.165, 1.54) is 18.6 Å². The van der Waals surface area contributed by atoms with Crippen LogP contribution in [0.1, 0.15) is 30.8 Å². The lowest BCUT2D eigenvalue weighted by Crippen LogP contribution is -1.93. The van der Waals surface area contributed by atoms with Gasteiger partial charge in [-0.3, -0.25) is 14.8 Å². The zero-order valence-corrected chi connectivity index (χ0v) is 9.65. The van der Waals surface area contributed by atoms with Gasteiger partial charge in [0.25, 0.3) is 0 Å². The van der Waals surface area contributed by atoms with Gasteiger partial charge in [0.05, 0.1) is 30.4 Å². The van der Waals surface area contributed by atoms with Gasteiger partial charge in [-0.2, -0.15) is 0 Å². The van der Waals surface area contributed by atoms with Crippen molar-refractivity contribution < 1.29 is 9.90 Å². The van der Waals surface area contributed by atoms with Crippen LogP contribution in [0.4, 0.5) is 11.4 Å².